The second-order valence-corrected chi connectivity index (χ2v) is 8.22. The van der Waals surface area contributed by atoms with Gasteiger partial charge in [-0.2, -0.15) is 13.2 Å². The third-order valence-corrected chi connectivity index (χ3v) is 5.85. The van der Waals surface area contributed by atoms with Crippen LogP contribution in [0, 0.1) is 17.3 Å². The minimum absolute atomic E-state index is 0.0118. The van der Waals surface area contributed by atoms with Crippen molar-refractivity contribution in [2.75, 3.05) is 0 Å². The molecule has 1 unspecified atom stereocenters. The molecule has 1 fully saturated rings. The van der Waals surface area contributed by atoms with E-state index in [1.807, 2.05) is 6.92 Å². The number of carboxylic acids is 1. The number of halogens is 3. The summed E-state index contributed by atoms with van der Waals surface area (Å²) in [7, 11) is 0. The number of rotatable bonds is 12. The Balaban J connectivity index is 2.53. The second kappa shape index (κ2) is 11.4. The summed E-state index contributed by atoms with van der Waals surface area (Å²) in [5.74, 6) is -2.21. The topological polar surface area (TPSA) is 74.6 Å². The summed E-state index contributed by atoms with van der Waals surface area (Å²) in [4.78, 5) is 23.2. The lowest BCUT2D eigenvalue weighted by Gasteiger charge is -2.31. The molecule has 0 spiro atoms. The molecule has 2 N–H and O–H groups in total. The van der Waals surface area contributed by atoms with Crippen LogP contribution in [0.4, 0.5) is 13.2 Å². The summed E-state index contributed by atoms with van der Waals surface area (Å²) in [6.45, 7) is 3.02. The number of aliphatic hydroxyl groups is 1. The van der Waals surface area contributed by atoms with Gasteiger partial charge in [0.1, 0.15) is 5.78 Å². The predicted molar refractivity (Wildman–Crippen MR) is 105 cm³/mol. The number of hydrogen-bond donors (Lipinski definition) is 2. The van der Waals surface area contributed by atoms with Crippen LogP contribution in [0.5, 0.6) is 0 Å². The van der Waals surface area contributed by atoms with Crippen molar-refractivity contribution in [2.45, 2.75) is 84.2 Å². The molecule has 1 aliphatic rings. The number of hydrogen-bond acceptors (Lipinski definition) is 3. The van der Waals surface area contributed by atoms with Gasteiger partial charge in [0.15, 0.2) is 0 Å². The van der Waals surface area contributed by atoms with Crippen molar-refractivity contribution in [3.05, 3.63) is 24.0 Å². The Morgan fingerprint density at radius 3 is 2.48 bits per heavy atom. The first kappa shape index (κ1) is 25.2. The Hall–Kier alpha value is -1.79. The lowest BCUT2D eigenvalue weighted by Crippen LogP contribution is -2.34. The molecular formula is C22H33F3O4. The highest BCUT2D eigenvalue weighted by molar-refractivity contribution is 5.87. The van der Waals surface area contributed by atoms with Gasteiger partial charge in [-0.1, -0.05) is 38.8 Å². The quantitative estimate of drug-likeness (QED) is 0.285. The molecular weight excluding hydrogens is 385 g/mol. The van der Waals surface area contributed by atoms with Crippen molar-refractivity contribution >= 4 is 11.8 Å². The van der Waals surface area contributed by atoms with E-state index in [1.165, 1.54) is 13.0 Å². The average Bonchev–Trinajstić information content (AvgIpc) is 3.05. The van der Waals surface area contributed by atoms with E-state index >= 15 is 0 Å². The SMILES string of the molecule is CCCCC(C)(C/C=C(/O)C/C=C\CC[C@H](C(=O)O)[C@H]1CCCC1=O)C(F)(F)F. The van der Waals surface area contributed by atoms with Crippen molar-refractivity contribution in [1.29, 1.82) is 0 Å². The molecule has 7 heteroatoms. The summed E-state index contributed by atoms with van der Waals surface area (Å²) in [6, 6.07) is 0. The Bertz CT molecular complexity index is 610. The van der Waals surface area contributed by atoms with Gasteiger partial charge in [-0.25, -0.2) is 0 Å². The van der Waals surface area contributed by atoms with Gasteiger partial charge in [-0.05, 0) is 44.6 Å². The van der Waals surface area contributed by atoms with E-state index < -0.39 is 29.4 Å². The zero-order valence-electron chi connectivity index (χ0n) is 17.3. The molecule has 0 aromatic heterocycles. The fourth-order valence-corrected chi connectivity index (χ4v) is 3.72. The van der Waals surface area contributed by atoms with E-state index in [2.05, 4.69) is 0 Å². The maximum absolute atomic E-state index is 13.3. The van der Waals surface area contributed by atoms with E-state index in [4.69, 9.17) is 0 Å². The van der Waals surface area contributed by atoms with E-state index in [9.17, 15) is 33.0 Å². The number of alkyl halides is 3. The van der Waals surface area contributed by atoms with Crippen LogP contribution >= 0.6 is 0 Å². The Morgan fingerprint density at radius 2 is 1.97 bits per heavy atom. The largest absolute Gasteiger partial charge is 0.512 e. The van der Waals surface area contributed by atoms with Gasteiger partial charge in [0, 0.05) is 18.8 Å². The fraction of sp³-hybridized carbons (Fsp3) is 0.727. The van der Waals surface area contributed by atoms with Crippen molar-refractivity contribution in [2.24, 2.45) is 17.3 Å². The Kier molecular flexibility index (Phi) is 9.93. The van der Waals surface area contributed by atoms with Crippen LogP contribution in [0.3, 0.4) is 0 Å². The highest BCUT2D eigenvalue weighted by atomic mass is 19.4. The van der Waals surface area contributed by atoms with Crippen LogP contribution in [0.15, 0.2) is 24.0 Å². The number of carbonyl (C=O) groups excluding carboxylic acids is 1. The van der Waals surface area contributed by atoms with E-state index in [-0.39, 0.29) is 30.8 Å². The molecule has 29 heavy (non-hydrogen) atoms. The molecule has 4 nitrogen and oxygen atoms in total. The molecule has 1 saturated carbocycles. The summed E-state index contributed by atoms with van der Waals surface area (Å²) in [6.07, 6.45) is 3.76. The van der Waals surface area contributed by atoms with Gasteiger partial charge >= 0.3 is 12.1 Å². The second-order valence-electron chi connectivity index (χ2n) is 8.22. The maximum Gasteiger partial charge on any atom is 0.394 e. The molecule has 0 heterocycles. The van der Waals surface area contributed by atoms with Gasteiger partial charge < -0.3 is 10.2 Å². The van der Waals surface area contributed by atoms with Crippen molar-refractivity contribution in [3.63, 3.8) is 0 Å². The van der Waals surface area contributed by atoms with Gasteiger partial charge in [-0.3, -0.25) is 9.59 Å². The molecule has 1 rings (SSSR count). The zero-order chi connectivity index (χ0) is 22.1. The molecule has 0 radical (unpaired) electrons. The van der Waals surface area contributed by atoms with Gasteiger partial charge in [-0.15, -0.1) is 0 Å². The van der Waals surface area contributed by atoms with Gasteiger partial charge in [0.2, 0.25) is 0 Å². The fourth-order valence-electron chi connectivity index (χ4n) is 3.72. The summed E-state index contributed by atoms with van der Waals surface area (Å²) in [5.41, 5.74) is -1.86. The van der Waals surface area contributed by atoms with Gasteiger partial charge in [0.05, 0.1) is 17.1 Å². The van der Waals surface area contributed by atoms with Crippen LogP contribution in [-0.4, -0.2) is 28.1 Å². The lowest BCUT2D eigenvalue weighted by molar-refractivity contribution is -0.219. The lowest BCUT2D eigenvalue weighted by atomic mass is 9.80. The number of aliphatic hydroxyl groups excluding tert-OH is 1. The number of allylic oxidation sites excluding steroid dienone is 3. The normalized spacial score (nSPS) is 21.5. The predicted octanol–water partition coefficient (Wildman–Crippen LogP) is 6.37. The van der Waals surface area contributed by atoms with Crippen LogP contribution in [0.25, 0.3) is 0 Å². The minimum atomic E-state index is -4.34. The summed E-state index contributed by atoms with van der Waals surface area (Å²) < 4.78 is 40.0. The Labute approximate surface area is 170 Å². The number of Topliss-reactive ketones (excluding diaryl/α,β-unsaturated/α-hetero) is 1. The molecule has 3 atom stereocenters. The van der Waals surface area contributed by atoms with Crippen LogP contribution in [0.1, 0.15) is 78.1 Å². The number of carbonyl (C=O) groups is 2. The first-order valence-electron chi connectivity index (χ1n) is 10.4. The summed E-state index contributed by atoms with van der Waals surface area (Å²) in [5, 5.41) is 19.3. The van der Waals surface area contributed by atoms with Crippen molar-refractivity contribution in [1.82, 2.24) is 0 Å². The van der Waals surface area contributed by atoms with Crippen LogP contribution < -0.4 is 0 Å². The first-order chi connectivity index (χ1) is 13.5. The molecule has 0 saturated heterocycles. The third-order valence-electron chi connectivity index (χ3n) is 5.85. The Morgan fingerprint density at radius 1 is 1.28 bits per heavy atom. The summed E-state index contributed by atoms with van der Waals surface area (Å²) >= 11 is 0. The average molecular weight is 418 g/mol. The smallest absolute Gasteiger partial charge is 0.394 e. The van der Waals surface area contributed by atoms with Crippen LogP contribution in [-0.2, 0) is 9.59 Å². The molecule has 0 aromatic carbocycles. The van der Waals surface area contributed by atoms with Crippen molar-refractivity contribution < 1.29 is 33.0 Å². The van der Waals surface area contributed by atoms with E-state index in [0.29, 0.717) is 38.5 Å². The molecule has 0 amide bonds. The highest BCUT2D eigenvalue weighted by Crippen LogP contribution is 2.45. The van der Waals surface area contributed by atoms with E-state index in [0.717, 1.165) is 6.42 Å². The third kappa shape index (κ3) is 7.86. The molecule has 1 aliphatic carbocycles. The number of unbranched alkanes of at least 4 members (excludes halogenated alkanes) is 1. The minimum Gasteiger partial charge on any atom is -0.512 e. The van der Waals surface area contributed by atoms with Gasteiger partial charge in [0.25, 0.3) is 0 Å². The number of ketones is 1. The number of carboxylic acid groups (broad SMARTS) is 1. The standard InChI is InChI=1S/C22H33F3O4/c1-3-4-14-21(2,22(23,24)25)15-13-16(26)9-6-5-7-10-18(20(28)29)17-11-8-12-19(17)27/h5-6,13,17-18,26H,3-4,7-12,14-15H2,1-2H3,(H,28,29)/b6-5-,16-13+/t17-,18+,21?/m1/s1. The van der Waals surface area contributed by atoms with E-state index in [1.54, 1.807) is 12.2 Å². The number of aliphatic carboxylic acids is 1. The molecule has 0 aromatic rings. The molecule has 0 aliphatic heterocycles. The molecule has 166 valence electrons. The van der Waals surface area contributed by atoms with Crippen molar-refractivity contribution in [3.8, 4) is 0 Å². The zero-order valence-corrected chi connectivity index (χ0v) is 17.3. The monoisotopic (exact) mass is 418 g/mol. The van der Waals surface area contributed by atoms with Crippen LogP contribution in [0.2, 0.25) is 0 Å². The first-order valence-corrected chi connectivity index (χ1v) is 10.4. The molecule has 0 bridgehead atoms. The highest BCUT2D eigenvalue weighted by Gasteiger charge is 2.49. The maximum atomic E-state index is 13.3.